The van der Waals surface area contributed by atoms with Gasteiger partial charge in [0.2, 0.25) is 0 Å². The van der Waals surface area contributed by atoms with Gasteiger partial charge in [0.05, 0.1) is 6.61 Å². The van der Waals surface area contributed by atoms with Crippen molar-refractivity contribution in [2.24, 2.45) is 0 Å². The van der Waals surface area contributed by atoms with E-state index in [0.717, 1.165) is 0 Å². The summed E-state index contributed by atoms with van der Waals surface area (Å²) < 4.78 is 25.8. The van der Waals surface area contributed by atoms with E-state index in [9.17, 15) is 9.59 Å². The smallest absolute Gasteiger partial charge is 0.378 e. The molecule has 0 aromatic rings. The molecule has 0 amide bonds. The van der Waals surface area contributed by atoms with Crippen molar-refractivity contribution in [1.29, 1.82) is 0 Å². The molecule has 0 aromatic heterocycles. The van der Waals surface area contributed by atoms with E-state index in [1.165, 1.54) is 7.11 Å². The fourth-order valence-electron chi connectivity index (χ4n) is 1.97. The fourth-order valence-corrected chi connectivity index (χ4v) is 1.97. The molecule has 0 bridgehead atoms. The third-order valence-corrected chi connectivity index (χ3v) is 2.76. The average Bonchev–Trinajstić information content (AvgIpc) is 2.79. The van der Waals surface area contributed by atoms with Crippen LogP contribution < -0.4 is 0 Å². The molecule has 102 valence electrons. The molecule has 3 atom stereocenters. The lowest BCUT2D eigenvalue weighted by molar-refractivity contribution is -0.173. The van der Waals surface area contributed by atoms with Gasteiger partial charge in [-0.3, -0.25) is 4.79 Å². The number of rotatable bonds is 4. The number of ketones is 1. The Kier molecular flexibility index (Phi) is 3.67. The summed E-state index contributed by atoms with van der Waals surface area (Å²) in [7, 11) is 1.43. The van der Waals surface area contributed by atoms with Gasteiger partial charge in [-0.25, -0.2) is 4.79 Å². The van der Waals surface area contributed by atoms with Crippen LogP contribution in [0.5, 0.6) is 0 Å². The summed E-state index contributed by atoms with van der Waals surface area (Å²) >= 11 is 0. The van der Waals surface area contributed by atoms with Gasteiger partial charge in [0, 0.05) is 7.11 Å². The number of esters is 1. The molecular formula is C11H16O7. The predicted octanol–water partition coefficient (Wildman–Crippen LogP) is -0.379. The predicted molar refractivity (Wildman–Crippen MR) is 56.5 cm³/mol. The van der Waals surface area contributed by atoms with E-state index < -0.39 is 35.9 Å². The summed E-state index contributed by atoms with van der Waals surface area (Å²) in [5.74, 6) is -2.38. The molecule has 2 heterocycles. The van der Waals surface area contributed by atoms with Crippen LogP contribution in [0.1, 0.15) is 13.8 Å². The first-order valence-corrected chi connectivity index (χ1v) is 5.62. The van der Waals surface area contributed by atoms with Crippen molar-refractivity contribution in [2.75, 3.05) is 20.5 Å². The molecule has 0 aliphatic carbocycles. The zero-order valence-corrected chi connectivity index (χ0v) is 10.5. The number of hydrogen-bond acceptors (Lipinski definition) is 7. The van der Waals surface area contributed by atoms with Gasteiger partial charge in [-0.1, -0.05) is 0 Å². The highest BCUT2D eigenvalue weighted by Gasteiger charge is 2.52. The van der Waals surface area contributed by atoms with Gasteiger partial charge >= 0.3 is 5.97 Å². The SMILES string of the molecule is COCOC1C(=O)C(=O)OC1C1COC(C)(C)O1. The minimum atomic E-state index is -1.00. The van der Waals surface area contributed by atoms with E-state index in [2.05, 4.69) is 0 Å². The Bertz CT molecular complexity index is 351. The lowest BCUT2D eigenvalue weighted by Crippen LogP contribution is -2.41. The Morgan fingerprint density at radius 3 is 2.67 bits per heavy atom. The maximum absolute atomic E-state index is 11.6. The van der Waals surface area contributed by atoms with Crippen LogP contribution in [0, 0.1) is 0 Å². The van der Waals surface area contributed by atoms with Crippen LogP contribution in [0.25, 0.3) is 0 Å². The van der Waals surface area contributed by atoms with Crippen LogP contribution in [0.2, 0.25) is 0 Å². The lowest BCUT2D eigenvalue weighted by atomic mass is 10.1. The third-order valence-electron chi connectivity index (χ3n) is 2.76. The first kappa shape index (κ1) is 13.4. The Labute approximate surface area is 104 Å². The van der Waals surface area contributed by atoms with Gasteiger partial charge in [-0.2, -0.15) is 0 Å². The second kappa shape index (κ2) is 4.93. The Balaban J connectivity index is 2.06. The number of cyclic esters (lactones) is 1. The number of carbonyl (C=O) groups excluding carboxylic acids is 2. The normalized spacial score (nSPS) is 34.9. The van der Waals surface area contributed by atoms with Gasteiger partial charge < -0.3 is 23.7 Å². The van der Waals surface area contributed by atoms with E-state index >= 15 is 0 Å². The zero-order valence-electron chi connectivity index (χ0n) is 10.5. The second-order valence-corrected chi connectivity index (χ2v) is 4.60. The molecule has 3 unspecified atom stereocenters. The first-order valence-electron chi connectivity index (χ1n) is 5.62. The number of methoxy groups -OCH3 is 1. The van der Waals surface area contributed by atoms with Crippen LogP contribution in [-0.4, -0.2) is 56.4 Å². The van der Waals surface area contributed by atoms with Crippen molar-refractivity contribution >= 4 is 11.8 Å². The largest absolute Gasteiger partial charge is 0.450 e. The summed E-state index contributed by atoms with van der Waals surface area (Å²) in [6, 6.07) is 0. The average molecular weight is 260 g/mol. The molecule has 0 saturated carbocycles. The van der Waals surface area contributed by atoms with Crippen LogP contribution >= 0.6 is 0 Å². The van der Waals surface area contributed by atoms with Crippen molar-refractivity contribution < 1.29 is 33.3 Å². The van der Waals surface area contributed by atoms with Gasteiger partial charge in [0.1, 0.15) is 12.9 Å². The molecule has 2 aliphatic heterocycles. The summed E-state index contributed by atoms with van der Waals surface area (Å²) in [5.41, 5.74) is 0. The molecule has 2 fully saturated rings. The molecule has 2 saturated heterocycles. The second-order valence-electron chi connectivity index (χ2n) is 4.60. The molecule has 2 aliphatic rings. The molecule has 18 heavy (non-hydrogen) atoms. The monoisotopic (exact) mass is 260 g/mol. The van der Waals surface area contributed by atoms with Crippen molar-refractivity contribution in [3.8, 4) is 0 Å². The Morgan fingerprint density at radius 2 is 2.11 bits per heavy atom. The summed E-state index contributed by atoms with van der Waals surface area (Å²) in [4.78, 5) is 22.9. The fraction of sp³-hybridized carbons (Fsp3) is 0.818. The number of Topliss-reactive ketones (excluding diaryl/α,β-unsaturated/α-hetero) is 1. The highest BCUT2D eigenvalue weighted by molar-refractivity contribution is 6.37. The Hall–Kier alpha value is -1.02. The van der Waals surface area contributed by atoms with Gasteiger partial charge in [-0.05, 0) is 13.8 Å². The third kappa shape index (κ3) is 2.54. The van der Waals surface area contributed by atoms with Crippen molar-refractivity contribution in [3.63, 3.8) is 0 Å². The van der Waals surface area contributed by atoms with Crippen molar-refractivity contribution in [2.45, 2.75) is 37.9 Å². The molecule has 2 rings (SSSR count). The van der Waals surface area contributed by atoms with Gasteiger partial charge in [0.25, 0.3) is 5.78 Å². The van der Waals surface area contributed by atoms with Crippen molar-refractivity contribution in [1.82, 2.24) is 0 Å². The molecule has 0 radical (unpaired) electrons. The molecule has 0 N–H and O–H groups in total. The van der Waals surface area contributed by atoms with Crippen LogP contribution in [0.15, 0.2) is 0 Å². The summed E-state index contributed by atoms with van der Waals surface area (Å²) in [6.45, 7) is 3.64. The topological polar surface area (TPSA) is 80.3 Å². The molecule has 0 spiro atoms. The number of carbonyl (C=O) groups is 2. The molecular weight excluding hydrogens is 244 g/mol. The highest BCUT2D eigenvalue weighted by atomic mass is 16.8. The van der Waals surface area contributed by atoms with E-state index in [1.807, 2.05) is 0 Å². The summed E-state index contributed by atoms with van der Waals surface area (Å²) in [6.07, 6.45) is -2.31. The molecule has 0 aromatic carbocycles. The van der Waals surface area contributed by atoms with Gasteiger partial charge in [-0.15, -0.1) is 0 Å². The van der Waals surface area contributed by atoms with Crippen molar-refractivity contribution in [3.05, 3.63) is 0 Å². The standard InChI is InChI=1S/C11H16O7/c1-11(2)16-4-6(18-11)8-9(15-5-14-3)7(12)10(13)17-8/h6,8-9H,4-5H2,1-3H3. The van der Waals surface area contributed by atoms with E-state index in [1.54, 1.807) is 13.8 Å². The van der Waals surface area contributed by atoms with Crippen LogP contribution in [0.3, 0.4) is 0 Å². The number of ether oxygens (including phenoxy) is 5. The minimum Gasteiger partial charge on any atom is -0.450 e. The van der Waals surface area contributed by atoms with E-state index in [-0.39, 0.29) is 13.4 Å². The Morgan fingerprint density at radius 1 is 1.39 bits per heavy atom. The van der Waals surface area contributed by atoms with Crippen LogP contribution in [-0.2, 0) is 33.3 Å². The maximum atomic E-state index is 11.6. The maximum Gasteiger partial charge on any atom is 0.378 e. The molecule has 7 nitrogen and oxygen atoms in total. The van der Waals surface area contributed by atoms with E-state index in [0.29, 0.717) is 0 Å². The van der Waals surface area contributed by atoms with Gasteiger partial charge in [0.15, 0.2) is 18.0 Å². The highest BCUT2D eigenvalue weighted by Crippen LogP contribution is 2.30. The van der Waals surface area contributed by atoms with Crippen LogP contribution in [0.4, 0.5) is 0 Å². The minimum absolute atomic E-state index is 0.0967. The zero-order chi connectivity index (χ0) is 13.3. The lowest BCUT2D eigenvalue weighted by Gasteiger charge is -2.23. The quantitative estimate of drug-likeness (QED) is 0.387. The van der Waals surface area contributed by atoms with E-state index in [4.69, 9.17) is 23.7 Å². The molecule has 7 heteroatoms. The first-order chi connectivity index (χ1) is 8.44. The number of hydrogen-bond donors (Lipinski definition) is 0. The summed E-state index contributed by atoms with van der Waals surface area (Å²) in [5, 5.41) is 0.